The number of nitrogens with zero attached hydrogens (tertiary/aromatic N) is 2. The van der Waals surface area contributed by atoms with E-state index in [1.807, 2.05) is 0 Å². The van der Waals surface area contributed by atoms with Gasteiger partial charge in [-0.2, -0.15) is 0 Å². The molecule has 0 fully saturated rings. The normalized spacial score (nSPS) is 12.1. The summed E-state index contributed by atoms with van der Waals surface area (Å²) in [6, 6.07) is 26.1. The minimum absolute atomic E-state index is 0.185. The Morgan fingerprint density at radius 1 is 0.805 bits per heavy atom. The van der Waals surface area contributed by atoms with Crippen LogP contribution in [0.1, 0.15) is 21.6 Å². The average Bonchev–Trinajstić information content (AvgIpc) is 3.26. The molecule has 0 amide bonds. The minimum atomic E-state index is -4.57. The van der Waals surface area contributed by atoms with Crippen molar-refractivity contribution in [3.8, 4) is 5.75 Å². The molecule has 210 valence electrons. The molecule has 0 atom stereocenters. The lowest BCUT2D eigenvalue weighted by Gasteiger charge is -2.22. The van der Waals surface area contributed by atoms with Crippen molar-refractivity contribution in [3.05, 3.63) is 125 Å². The second-order valence-corrected chi connectivity index (χ2v) is 13.6. The fraction of sp³-hybridized carbons (Fsp3) is 0.100. The molecule has 8 nitrogen and oxygen atoms in total. The summed E-state index contributed by atoms with van der Waals surface area (Å²) in [5.74, 6) is 0.0715. The molecule has 5 rings (SSSR count). The molecular formula is C30H25ClN2O6S2. The highest BCUT2D eigenvalue weighted by Gasteiger charge is 2.38. The lowest BCUT2D eigenvalue weighted by atomic mass is 10.1. The van der Waals surface area contributed by atoms with E-state index in [4.69, 9.17) is 16.3 Å². The Morgan fingerprint density at radius 3 is 1.85 bits per heavy atom. The van der Waals surface area contributed by atoms with E-state index in [9.17, 15) is 21.6 Å². The van der Waals surface area contributed by atoms with Gasteiger partial charge in [-0.25, -0.2) is 16.8 Å². The third kappa shape index (κ3) is 5.27. The molecular weight excluding hydrogens is 584 g/mol. The molecule has 0 spiro atoms. The van der Waals surface area contributed by atoms with Crippen molar-refractivity contribution in [1.82, 2.24) is 8.28 Å². The van der Waals surface area contributed by atoms with Crippen LogP contribution in [0.2, 0.25) is 5.02 Å². The van der Waals surface area contributed by atoms with E-state index in [-0.39, 0.29) is 15.7 Å². The molecule has 0 aliphatic heterocycles. The smallest absolute Gasteiger partial charge is 0.262 e. The van der Waals surface area contributed by atoms with E-state index in [2.05, 4.69) is 0 Å². The van der Waals surface area contributed by atoms with Crippen LogP contribution < -0.4 is 4.74 Å². The van der Waals surface area contributed by atoms with Gasteiger partial charge >= 0.3 is 0 Å². The molecule has 0 bridgehead atoms. The Kier molecular flexibility index (Phi) is 7.76. The van der Waals surface area contributed by atoms with E-state index in [1.165, 1.54) is 60.2 Å². The van der Waals surface area contributed by atoms with Crippen molar-refractivity contribution in [2.75, 3.05) is 7.11 Å². The number of sulfonamides is 2. The number of rotatable bonds is 8. The van der Waals surface area contributed by atoms with Gasteiger partial charge in [-0.3, -0.25) is 9.36 Å². The van der Waals surface area contributed by atoms with E-state index in [1.54, 1.807) is 61.5 Å². The van der Waals surface area contributed by atoms with Gasteiger partial charge in [-0.05, 0) is 79.2 Å². The number of hydrogen-bond acceptors (Lipinski definition) is 6. The second-order valence-electron chi connectivity index (χ2n) is 9.16. The summed E-state index contributed by atoms with van der Waals surface area (Å²) in [5, 5.41) is 0.939. The molecule has 5 aromatic rings. The molecule has 0 unspecified atom stereocenters. The number of carbonyl (C=O) groups excluding carboxylic acids is 1. The van der Waals surface area contributed by atoms with Crippen LogP contribution in [0.5, 0.6) is 5.75 Å². The second kappa shape index (κ2) is 11.1. The van der Waals surface area contributed by atoms with Crippen LogP contribution in [-0.4, -0.2) is 38.1 Å². The van der Waals surface area contributed by atoms with Crippen molar-refractivity contribution in [1.29, 1.82) is 0 Å². The quantitative estimate of drug-likeness (QED) is 0.218. The van der Waals surface area contributed by atoms with Crippen LogP contribution in [0.15, 0.2) is 113 Å². The molecule has 4 aromatic carbocycles. The van der Waals surface area contributed by atoms with E-state index >= 15 is 0 Å². The van der Waals surface area contributed by atoms with Crippen LogP contribution in [-0.2, 0) is 26.6 Å². The first-order chi connectivity index (χ1) is 19.6. The van der Waals surface area contributed by atoms with Gasteiger partial charge in [0, 0.05) is 21.7 Å². The fourth-order valence-corrected chi connectivity index (χ4v) is 8.37. The van der Waals surface area contributed by atoms with Gasteiger partial charge in [0.1, 0.15) is 5.75 Å². The summed E-state index contributed by atoms with van der Waals surface area (Å²) in [7, 11) is -7.66. The maximum absolute atomic E-state index is 14.0. The third-order valence-electron chi connectivity index (χ3n) is 6.74. The number of ether oxygens (including phenoxy) is 1. The van der Waals surface area contributed by atoms with E-state index in [0.717, 1.165) is 0 Å². The van der Waals surface area contributed by atoms with E-state index in [0.29, 0.717) is 42.2 Å². The number of halogens is 1. The topological polar surface area (TPSA) is 103 Å². The summed E-state index contributed by atoms with van der Waals surface area (Å²) in [5.41, 5.74) is 1.53. The summed E-state index contributed by atoms with van der Waals surface area (Å²) in [6.07, 6.45) is 0. The Balaban J connectivity index is 1.75. The van der Waals surface area contributed by atoms with Crippen LogP contribution in [0, 0.1) is 6.92 Å². The fourth-order valence-electron chi connectivity index (χ4n) is 4.62. The number of carbonyl (C=O) groups is 1. The summed E-state index contributed by atoms with van der Waals surface area (Å²) >= 11 is 6.02. The molecule has 1 heterocycles. The number of fused-ring (bicyclic) bond motifs is 1. The highest BCUT2D eigenvalue weighted by atomic mass is 35.5. The van der Waals surface area contributed by atoms with Crippen molar-refractivity contribution < 1.29 is 26.4 Å². The Bertz CT molecular complexity index is 1890. The highest BCUT2D eigenvalue weighted by molar-refractivity contribution is 8.04. The van der Waals surface area contributed by atoms with Crippen LogP contribution in [0.4, 0.5) is 0 Å². The molecule has 0 saturated carbocycles. The lowest BCUT2D eigenvalue weighted by Crippen LogP contribution is -2.36. The first kappa shape index (κ1) is 28.6. The summed E-state index contributed by atoms with van der Waals surface area (Å²) < 4.78 is 63.2. The standard InChI is InChI=1S/C30H25ClN2O6S2/c1-21-28(27-19-24(39-2)17-18-29(27)33(21)30(34)22-13-15-23(31)16-14-22)20-32(40(35,36)25-9-5-3-6-10-25)41(37,38)26-11-7-4-8-12-26/h3-19H,20H2,1-2H3. The predicted octanol–water partition coefficient (Wildman–Crippen LogP) is 5.88. The van der Waals surface area contributed by atoms with Crippen LogP contribution >= 0.6 is 11.6 Å². The zero-order valence-corrected chi connectivity index (χ0v) is 24.4. The molecule has 11 heteroatoms. The van der Waals surface area contributed by atoms with Crippen molar-refractivity contribution >= 4 is 48.5 Å². The molecule has 0 N–H and O–H groups in total. The molecule has 41 heavy (non-hydrogen) atoms. The van der Waals surface area contributed by atoms with Gasteiger partial charge in [-0.15, -0.1) is 0 Å². The zero-order chi connectivity index (χ0) is 29.4. The molecule has 0 saturated heterocycles. The monoisotopic (exact) mass is 608 g/mol. The number of hydrogen-bond donors (Lipinski definition) is 0. The number of benzene rings is 4. The first-order valence-electron chi connectivity index (χ1n) is 12.4. The van der Waals surface area contributed by atoms with Crippen molar-refractivity contribution in [3.63, 3.8) is 0 Å². The summed E-state index contributed by atoms with van der Waals surface area (Å²) in [4.78, 5) is 13.4. The first-order valence-corrected chi connectivity index (χ1v) is 15.7. The Labute approximate surface area is 243 Å². The summed E-state index contributed by atoms with van der Waals surface area (Å²) in [6.45, 7) is 1.09. The van der Waals surface area contributed by atoms with Crippen molar-refractivity contribution in [2.24, 2.45) is 0 Å². The highest BCUT2D eigenvalue weighted by Crippen LogP contribution is 2.34. The van der Waals surface area contributed by atoms with Crippen LogP contribution in [0.3, 0.4) is 0 Å². The average molecular weight is 609 g/mol. The van der Waals surface area contributed by atoms with E-state index < -0.39 is 26.6 Å². The molecule has 0 aliphatic rings. The van der Waals surface area contributed by atoms with Crippen molar-refractivity contribution in [2.45, 2.75) is 23.3 Å². The minimum Gasteiger partial charge on any atom is -0.497 e. The predicted molar refractivity (Wildman–Crippen MR) is 157 cm³/mol. The lowest BCUT2D eigenvalue weighted by molar-refractivity contribution is 0.0963. The Hall–Kier alpha value is -3.96. The maximum atomic E-state index is 14.0. The number of aromatic nitrogens is 1. The maximum Gasteiger partial charge on any atom is 0.262 e. The largest absolute Gasteiger partial charge is 0.497 e. The molecule has 1 aromatic heterocycles. The van der Waals surface area contributed by atoms with Gasteiger partial charge in [0.15, 0.2) is 0 Å². The van der Waals surface area contributed by atoms with Gasteiger partial charge in [0.05, 0.1) is 29.0 Å². The zero-order valence-electron chi connectivity index (χ0n) is 22.1. The van der Waals surface area contributed by atoms with Crippen LogP contribution in [0.25, 0.3) is 10.9 Å². The number of methoxy groups -OCH3 is 1. The van der Waals surface area contributed by atoms with Gasteiger partial charge in [0.25, 0.3) is 26.0 Å². The van der Waals surface area contributed by atoms with Gasteiger partial charge < -0.3 is 4.74 Å². The molecule has 0 radical (unpaired) electrons. The van der Waals surface area contributed by atoms with Gasteiger partial charge in [-0.1, -0.05) is 51.7 Å². The third-order valence-corrected chi connectivity index (χ3v) is 11.2. The SMILES string of the molecule is COc1ccc2c(c1)c(CN(S(=O)(=O)c1ccccc1)S(=O)(=O)c1ccccc1)c(C)n2C(=O)c1ccc(Cl)cc1. The Morgan fingerprint density at radius 2 is 1.34 bits per heavy atom. The molecule has 0 aliphatic carbocycles. The van der Waals surface area contributed by atoms with Gasteiger partial charge in [0.2, 0.25) is 0 Å².